The van der Waals surface area contributed by atoms with Gasteiger partial charge in [-0.05, 0) is 41.3 Å². The predicted octanol–water partition coefficient (Wildman–Crippen LogP) is 4.97. The fraction of sp³-hybridized carbons (Fsp3) is 0.0455. The molecule has 0 aliphatic carbocycles. The summed E-state index contributed by atoms with van der Waals surface area (Å²) >= 11 is 0. The molecule has 0 bridgehead atoms. The van der Waals surface area contributed by atoms with Crippen LogP contribution in [0.25, 0.3) is 33.3 Å². The van der Waals surface area contributed by atoms with E-state index >= 15 is 0 Å². The third kappa shape index (κ3) is 2.93. The number of aromatic nitrogens is 2. The minimum Gasteiger partial charge on any atom is -0.476 e. The summed E-state index contributed by atoms with van der Waals surface area (Å²) in [4.78, 5) is 19.8. The molecule has 0 aliphatic rings. The molecule has 0 radical (unpaired) electrons. The summed E-state index contributed by atoms with van der Waals surface area (Å²) in [5.41, 5.74) is 6.54. The van der Waals surface area contributed by atoms with Crippen molar-refractivity contribution in [1.29, 1.82) is 0 Å². The first-order valence-corrected chi connectivity index (χ1v) is 8.28. The molecule has 1 heterocycles. The SMILES string of the molecule is Cc1ccc(-c2cc3nc(C(=O)O)cnc3cc2-c2ccccc2)cc1. The average Bonchev–Trinajstić information content (AvgIpc) is 2.68. The Morgan fingerprint density at radius 3 is 2.12 bits per heavy atom. The summed E-state index contributed by atoms with van der Waals surface area (Å²) in [6.45, 7) is 2.05. The van der Waals surface area contributed by atoms with Crippen LogP contribution in [-0.2, 0) is 0 Å². The lowest BCUT2D eigenvalue weighted by atomic mass is 9.93. The second-order valence-electron chi connectivity index (χ2n) is 6.18. The minimum absolute atomic E-state index is 0.0557. The highest BCUT2D eigenvalue weighted by Gasteiger charge is 2.13. The van der Waals surface area contributed by atoms with E-state index in [0.717, 1.165) is 22.3 Å². The van der Waals surface area contributed by atoms with Gasteiger partial charge in [0.05, 0.1) is 17.2 Å². The van der Waals surface area contributed by atoms with E-state index < -0.39 is 5.97 Å². The first-order valence-electron chi connectivity index (χ1n) is 8.28. The van der Waals surface area contributed by atoms with Crippen molar-refractivity contribution in [2.75, 3.05) is 0 Å². The highest BCUT2D eigenvalue weighted by molar-refractivity contribution is 5.95. The van der Waals surface area contributed by atoms with Gasteiger partial charge in [-0.1, -0.05) is 60.2 Å². The van der Waals surface area contributed by atoms with Crippen molar-refractivity contribution in [3.63, 3.8) is 0 Å². The average molecular weight is 340 g/mol. The maximum Gasteiger partial charge on any atom is 0.356 e. The molecular formula is C22H16N2O2. The van der Waals surface area contributed by atoms with E-state index in [0.29, 0.717) is 11.0 Å². The van der Waals surface area contributed by atoms with Crippen LogP contribution in [0.4, 0.5) is 0 Å². The number of rotatable bonds is 3. The second-order valence-corrected chi connectivity index (χ2v) is 6.18. The second kappa shape index (κ2) is 6.41. The van der Waals surface area contributed by atoms with Gasteiger partial charge in [0.25, 0.3) is 0 Å². The van der Waals surface area contributed by atoms with Crippen LogP contribution in [0.15, 0.2) is 72.9 Å². The molecule has 4 rings (SSSR count). The zero-order valence-corrected chi connectivity index (χ0v) is 14.2. The molecule has 0 amide bonds. The van der Waals surface area contributed by atoms with Gasteiger partial charge in [-0.15, -0.1) is 0 Å². The van der Waals surface area contributed by atoms with Crippen LogP contribution in [0.3, 0.4) is 0 Å². The highest BCUT2D eigenvalue weighted by atomic mass is 16.4. The number of aromatic carboxylic acids is 1. The number of carboxylic acids is 1. The summed E-state index contributed by atoms with van der Waals surface area (Å²) in [5, 5.41) is 9.19. The van der Waals surface area contributed by atoms with Gasteiger partial charge in [0.2, 0.25) is 0 Å². The Kier molecular flexibility index (Phi) is 3.93. The fourth-order valence-corrected chi connectivity index (χ4v) is 2.99. The van der Waals surface area contributed by atoms with E-state index in [1.807, 2.05) is 37.3 Å². The molecule has 26 heavy (non-hydrogen) atoms. The van der Waals surface area contributed by atoms with Gasteiger partial charge in [-0.3, -0.25) is 4.98 Å². The van der Waals surface area contributed by atoms with Crippen molar-refractivity contribution in [3.05, 3.63) is 84.2 Å². The van der Waals surface area contributed by atoms with Gasteiger partial charge in [0.15, 0.2) is 5.69 Å². The van der Waals surface area contributed by atoms with Gasteiger partial charge in [-0.25, -0.2) is 9.78 Å². The molecule has 1 aromatic heterocycles. The van der Waals surface area contributed by atoms with Crippen molar-refractivity contribution in [2.45, 2.75) is 6.92 Å². The number of fused-ring (bicyclic) bond motifs is 1. The number of hydrogen-bond donors (Lipinski definition) is 1. The van der Waals surface area contributed by atoms with Crippen LogP contribution < -0.4 is 0 Å². The van der Waals surface area contributed by atoms with E-state index in [-0.39, 0.29) is 5.69 Å². The van der Waals surface area contributed by atoms with Crippen molar-refractivity contribution < 1.29 is 9.90 Å². The Labute approximate surface area is 150 Å². The Hall–Kier alpha value is -3.53. The lowest BCUT2D eigenvalue weighted by molar-refractivity contribution is 0.0690. The van der Waals surface area contributed by atoms with E-state index in [1.165, 1.54) is 11.8 Å². The maximum atomic E-state index is 11.2. The lowest BCUT2D eigenvalue weighted by Crippen LogP contribution is -2.01. The monoisotopic (exact) mass is 340 g/mol. The van der Waals surface area contributed by atoms with E-state index in [2.05, 4.69) is 46.4 Å². The number of carboxylic acid groups (broad SMARTS) is 1. The molecule has 0 unspecified atom stereocenters. The lowest BCUT2D eigenvalue weighted by Gasteiger charge is -2.12. The third-order valence-electron chi connectivity index (χ3n) is 4.35. The van der Waals surface area contributed by atoms with Crippen LogP contribution in [-0.4, -0.2) is 21.0 Å². The Morgan fingerprint density at radius 1 is 0.846 bits per heavy atom. The van der Waals surface area contributed by atoms with Crippen molar-refractivity contribution >= 4 is 17.0 Å². The molecule has 4 heteroatoms. The number of benzene rings is 3. The fourth-order valence-electron chi connectivity index (χ4n) is 2.99. The third-order valence-corrected chi connectivity index (χ3v) is 4.35. The van der Waals surface area contributed by atoms with Crippen LogP contribution in [0.2, 0.25) is 0 Å². The standard InChI is InChI=1S/C22H16N2O2/c1-14-7-9-16(10-8-14)18-12-20-19(23-13-21(24-20)22(25)26)11-17(18)15-5-3-2-4-6-15/h2-13H,1H3,(H,25,26). The normalized spacial score (nSPS) is 10.8. The van der Waals surface area contributed by atoms with Crippen LogP contribution in [0, 0.1) is 6.92 Å². The smallest absolute Gasteiger partial charge is 0.356 e. The molecule has 0 aliphatic heterocycles. The minimum atomic E-state index is -1.08. The molecule has 0 saturated carbocycles. The van der Waals surface area contributed by atoms with Gasteiger partial charge in [0, 0.05) is 0 Å². The Bertz CT molecular complexity index is 1100. The van der Waals surface area contributed by atoms with Gasteiger partial charge >= 0.3 is 5.97 Å². The van der Waals surface area contributed by atoms with Gasteiger partial charge in [-0.2, -0.15) is 0 Å². The van der Waals surface area contributed by atoms with Crippen LogP contribution >= 0.6 is 0 Å². The topological polar surface area (TPSA) is 63.1 Å². The number of carbonyl (C=O) groups is 1. The van der Waals surface area contributed by atoms with Crippen LogP contribution in [0.5, 0.6) is 0 Å². The number of hydrogen-bond acceptors (Lipinski definition) is 3. The summed E-state index contributed by atoms with van der Waals surface area (Å²) in [6.07, 6.45) is 1.30. The molecule has 0 fully saturated rings. The highest BCUT2D eigenvalue weighted by Crippen LogP contribution is 2.34. The van der Waals surface area contributed by atoms with Crippen molar-refractivity contribution in [3.8, 4) is 22.3 Å². The predicted molar refractivity (Wildman–Crippen MR) is 102 cm³/mol. The zero-order valence-electron chi connectivity index (χ0n) is 14.2. The first kappa shape index (κ1) is 16.0. The summed E-state index contributed by atoms with van der Waals surface area (Å²) < 4.78 is 0. The van der Waals surface area contributed by atoms with E-state index in [1.54, 1.807) is 0 Å². The van der Waals surface area contributed by atoms with E-state index in [9.17, 15) is 9.90 Å². The summed E-state index contributed by atoms with van der Waals surface area (Å²) in [7, 11) is 0. The molecule has 0 atom stereocenters. The number of nitrogens with zero attached hydrogens (tertiary/aromatic N) is 2. The quantitative estimate of drug-likeness (QED) is 0.572. The van der Waals surface area contributed by atoms with Gasteiger partial charge < -0.3 is 5.11 Å². The largest absolute Gasteiger partial charge is 0.476 e. The zero-order chi connectivity index (χ0) is 18.1. The summed E-state index contributed by atoms with van der Waals surface area (Å²) in [6, 6.07) is 22.2. The molecule has 4 nitrogen and oxygen atoms in total. The van der Waals surface area contributed by atoms with Crippen LogP contribution in [0.1, 0.15) is 16.1 Å². The van der Waals surface area contributed by atoms with Crippen molar-refractivity contribution in [2.24, 2.45) is 0 Å². The molecule has 4 aromatic rings. The molecule has 0 spiro atoms. The van der Waals surface area contributed by atoms with Gasteiger partial charge in [0.1, 0.15) is 0 Å². The molecule has 1 N–H and O–H groups in total. The number of aryl methyl sites for hydroxylation is 1. The molecule has 126 valence electrons. The molecule has 3 aromatic carbocycles. The Morgan fingerprint density at radius 2 is 1.46 bits per heavy atom. The van der Waals surface area contributed by atoms with Crippen molar-refractivity contribution in [1.82, 2.24) is 9.97 Å². The maximum absolute atomic E-state index is 11.2. The first-order chi connectivity index (χ1) is 12.6. The van der Waals surface area contributed by atoms with E-state index in [4.69, 9.17) is 0 Å². The summed E-state index contributed by atoms with van der Waals surface area (Å²) in [5.74, 6) is -1.08. The molecular weight excluding hydrogens is 324 g/mol. The Balaban J connectivity index is 2.01. The molecule has 0 saturated heterocycles.